The minimum atomic E-state index is -0.292. The van der Waals surface area contributed by atoms with Gasteiger partial charge in [0.25, 0.3) is 5.56 Å². The minimum Gasteiger partial charge on any atom is -0.486 e. The van der Waals surface area contributed by atoms with Crippen molar-refractivity contribution in [2.24, 2.45) is 0 Å². The topological polar surface area (TPSA) is 78.0 Å². The summed E-state index contributed by atoms with van der Waals surface area (Å²) in [6.45, 7) is 0.416. The molecular weight excluding hydrogens is 370 g/mol. The van der Waals surface area contributed by atoms with Gasteiger partial charge in [0.2, 0.25) is 0 Å². The lowest BCUT2D eigenvalue weighted by Gasteiger charge is -2.26. The third kappa shape index (κ3) is 3.05. The average Bonchev–Trinajstić information content (AvgIpc) is 3.16. The summed E-state index contributed by atoms with van der Waals surface area (Å²) >= 11 is 0. The molecule has 0 saturated carbocycles. The van der Waals surface area contributed by atoms with Crippen molar-refractivity contribution in [1.82, 2.24) is 14.2 Å². The Balaban J connectivity index is 1.52. The average molecular weight is 389 g/mol. The highest BCUT2D eigenvalue weighted by Gasteiger charge is 2.23. The first-order chi connectivity index (χ1) is 14.2. The summed E-state index contributed by atoms with van der Waals surface area (Å²) < 4.78 is 14.8. The fourth-order valence-corrected chi connectivity index (χ4v) is 3.64. The smallest absolute Gasteiger partial charge is 0.277 e. The minimum absolute atomic E-state index is 0.228. The van der Waals surface area contributed by atoms with Crippen LogP contribution in [0.25, 0.3) is 16.8 Å². The second-order valence-corrected chi connectivity index (χ2v) is 6.90. The zero-order chi connectivity index (χ0) is 19.8. The first kappa shape index (κ1) is 17.5. The van der Waals surface area contributed by atoms with Gasteiger partial charge in [0.05, 0.1) is 18.8 Å². The van der Waals surface area contributed by atoms with Crippen LogP contribution in [0, 0.1) is 0 Å². The van der Waals surface area contributed by atoms with Crippen LogP contribution in [0.1, 0.15) is 5.56 Å². The van der Waals surface area contributed by atoms with Crippen LogP contribution in [-0.2, 0) is 13.2 Å². The fourth-order valence-electron chi connectivity index (χ4n) is 3.64. The van der Waals surface area contributed by atoms with Gasteiger partial charge in [-0.05, 0) is 12.1 Å². The molecule has 7 nitrogen and oxygen atoms in total. The van der Waals surface area contributed by atoms with Crippen molar-refractivity contribution in [3.8, 4) is 22.8 Å². The number of hydrogen-bond acceptors (Lipinski definition) is 5. The monoisotopic (exact) mass is 389 g/mol. The second kappa shape index (κ2) is 7.10. The molecule has 0 unspecified atom stereocenters. The molecular formula is C22H19N3O4. The number of nitrogens with zero attached hydrogens (tertiary/aromatic N) is 3. The van der Waals surface area contributed by atoms with E-state index in [-0.39, 0.29) is 18.3 Å². The summed E-state index contributed by atoms with van der Waals surface area (Å²) in [7, 11) is 0. The number of benzene rings is 2. The molecule has 1 aliphatic rings. The van der Waals surface area contributed by atoms with Crippen LogP contribution >= 0.6 is 0 Å². The molecule has 0 aliphatic carbocycles. The van der Waals surface area contributed by atoms with Crippen molar-refractivity contribution in [3.63, 3.8) is 0 Å². The van der Waals surface area contributed by atoms with Gasteiger partial charge in [-0.15, -0.1) is 0 Å². The zero-order valence-electron chi connectivity index (χ0n) is 15.6. The molecule has 5 rings (SSSR count). The molecule has 2 aromatic carbocycles. The first-order valence-electron chi connectivity index (χ1n) is 9.40. The van der Waals surface area contributed by atoms with Crippen LogP contribution in [0.15, 0.2) is 71.8 Å². The Bertz CT molecular complexity index is 1230. The molecule has 1 aliphatic heterocycles. The van der Waals surface area contributed by atoms with Gasteiger partial charge in [0, 0.05) is 23.5 Å². The third-order valence-corrected chi connectivity index (χ3v) is 5.03. The molecule has 1 N–H and O–H groups in total. The van der Waals surface area contributed by atoms with Crippen molar-refractivity contribution < 1.29 is 14.6 Å². The van der Waals surface area contributed by atoms with Crippen LogP contribution in [-0.4, -0.2) is 32.0 Å². The maximum absolute atomic E-state index is 13.2. The number of aliphatic hydroxyl groups is 1. The van der Waals surface area contributed by atoms with Crippen molar-refractivity contribution in [2.45, 2.75) is 19.3 Å². The normalized spacial score (nSPS) is 15.6. The number of aromatic nitrogens is 3. The van der Waals surface area contributed by atoms with E-state index >= 15 is 0 Å². The highest BCUT2D eigenvalue weighted by atomic mass is 16.6. The molecule has 146 valence electrons. The standard InChI is InChI=1S/C22H19N3O4/c26-13-17-20(15-6-2-1-3-7-15)23-25-11-10-24(22(27)21(17)25)12-16-14-28-18-8-4-5-9-19(18)29-16/h1-11,16,26H,12-14H2/t16-/m1/s1. The lowest BCUT2D eigenvalue weighted by atomic mass is 10.1. The van der Waals surface area contributed by atoms with Gasteiger partial charge in [-0.25, -0.2) is 4.52 Å². The van der Waals surface area contributed by atoms with E-state index < -0.39 is 0 Å². The molecule has 0 spiro atoms. The maximum Gasteiger partial charge on any atom is 0.277 e. The molecule has 29 heavy (non-hydrogen) atoms. The Morgan fingerprint density at radius 1 is 1.03 bits per heavy atom. The SMILES string of the molecule is O=c1c2c(CO)c(-c3ccccc3)nn2ccn1C[C@@H]1COc2ccccc2O1. The predicted molar refractivity (Wildman–Crippen MR) is 107 cm³/mol. The molecule has 0 saturated heterocycles. The van der Waals surface area contributed by atoms with E-state index in [0.29, 0.717) is 41.4 Å². The molecule has 4 aromatic rings. The van der Waals surface area contributed by atoms with E-state index in [1.807, 2.05) is 54.6 Å². The van der Waals surface area contributed by atoms with Gasteiger partial charge in [-0.3, -0.25) is 4.79 Å². The summed E-state index contributed by atoms with van der Waals surface area (Å²) in [5, 5.41) is 14.5. The van der Waals surface area contributed by atoms with Crippen molar-refractivity contribution in [1.29, 1.82) is 0 Å². The van der Waals surface area contributed by atoms with Crippen molar-refractivity contribution >= 4 is 5.52 Å². The molecule has 1 atom stereocenters. The number of para-hydroxylation sites is 2. The Morgan fingerprint density at radius 2 is 1.79 bits per heavy atom. The van der Waals surface area contributed by atoms with Crippen LogP contribution in [0.2, 0.25) is 0 Å². The number of ether oxygens (including phenoxy) is 2. The molecule has 2 aromatic heterocycles. The third-order valence-electron chi connectivity index (χ3n) is 5.03. The molecule has 0 bridgehead atoms. The summed E-state index contributed by atoms with van der Waals surface area (Å²) in [6.07, 6.45) is 3.11. The Labute approximate surface area is 166 Å². The van der Waals surface area contributed by atoms with E-state index in [4.69, 9.17) is 9.47 Å². The number of rotatable bonds is 4. The summed E-state index contributed by atoms with van der Waals surface area (Å²) in [5.74, 6) is 1.38. The molecule has 0 amide bonds. The van der Waals surface area contributed by atoms with Gasteiger partial charge in [0.1, 0.15) is 12.1 Å². The van der Waals surface area contributed by atoms with Crippen LogP contribution in [0.5, 0.6) is 11.5 Å². The van der Waals surface area contributed by atoms with Gasteiger partial charge in [-0.1, -0.05) is 42.5 Å². The quantitative estimate of drug-likeness (QED) is 0.580. The van der Waals surface area contributed by atoms with Gasteiger partial charge >= 0.3 is 0 Å². The van der Waals surface area contributed by atoms with Crippen LogP contribution in [0.3, 0.4) is 0 Å². The van der Waals surface area contributed by atoms with E-state index in [0.717, 1.165) is 5.56 Å². The number of hydrogen-bond donors (Lipinski definition) is 1. The first-order valence-corrected chi connectivity index (χ1v) is 9.40. The summed E-state index contributed by atoms with van der Waals surface area (Å²) in [4.78, 5) is 13.2. The molecule has 0 fully saturated rings. The Kier molecular flexibility index (Phi) is 4.29. The van der Waals surface area contributed by atoms with E-state index in [9.17, 15) is 9.90 Å². The lowest BCUT2D eigenvalue weighted by molar-refractivity contribution is 0.0778. The van der Waals surface area contributed by atoms with E-state index in [1.54, 1.807) is 17.0 Å². The van der Waals surface area contributed by atoms with Gasteiger partial charge in [0.15, 0.2) is 17.6 Å². The fraction of sp³-hybridized carbons (Fsp3) is 0.182. The van der Waals surface area contributed by atoms with Crippen LogP contribution < -0.4 is 15.0 Å². The molecule has 0 radical (unpaired) electrons. The second-order valence-electron chi connectivity index (χ2n) is 6.90. The summed E-state index contributed by atoms with van der Waals surface area (Å²) in [6, 6.07) is 17.0. The van der Waals surface area contributed by atoms with Gasteiger partial charge < -0.3 is 19.1 Å². The lowest BCUT2D eigenvalue weighted by Crippen LogP contribution is -2.36. The maximum atomic E-state index is 13.2. The van der Waals surface area contributed by atoms with Crippen LogP contribution in [0.4, 0.5) is 0 Å². The van der Waals surface area contributed by atoms with E-state index in [2.05, 4.69) is 5.10 Å². The molecule has 7 heteroatoms. The van der Waals surface area contributed by atoms with Crippen molar-refractivity contribution in [3.05, 3.63) is 82.9 Å². The Hall–Kier alpha value is -3.58. The van der Waals surface area contributed by atoms with E-state index in [1.165, 1.54) is 4.52 Å². The Morgan fingerprint density at radius 3 is 2.59 bits per heavy atom. The highest BCUT2D eigenvalue weighted by molar-refractivity contribution is 5.72. The molecule has 3 heterocycles. The van der Waals surface area contributed by atoms with Crippen molar-refractivity contribution in [2.75, 3.05) is 6.61 Å². The zero-order valence-corrected chi connectivity index (χ0v) is 15.6. The largest absolute Gasteiger partial charge is 0.486 e. The summed E-state index contributed by atoms with van der Waals surface area (Å²) in [5.41, 5.74) is 2.11. The number of aliphatic hydroxyl groups excluding tert-OH is 1. The predicted octanol–water partition coefficient (Wildman–Crippen LogP) is 2.50. The highest BCUT2D eigenvalue weighted by Crippen LogP contribution is 2.31. The van der Waals surface area contributed by atoms with Gasteiger partial charge in [-0.2, -0.15) is 5.10 Å². The number of fused-ring (bicyclic) bond motifs is 2.